The Labute approximate surface area is 192 Å². The number of carbonyl (C=O) groups excluding carboxylic acids is 1. The molecule has 0 spiro atoms. The van der Waals surface area contributed by atoms with Crippen molar-refractivity contribution in [1.29, 1.82) is 0 Å². The maximum Gasteiger partial charge on any atom is 0.400 e. The molecule has 1 unspecified atom stereocenters. The van der Waals surface area contributed by atoms with Crippen LogP contribution in [0.1, 0.15) is 92.4 Å². The van der Waals surface area contributed by atoms with Crippen LogP contribution in [0.5, 0.6) is 0 Å². The van der Waals surface area contributed by atoms with Gasteiger partial charge < -0.3 is 5.32 Å². The van der Waals surface area contributed by atoms with Gasteiger partial charge in [0.05, 0.1) is 0 Å². The van der Waals surface area contributed by atoms with E-state index in [1.165, 1.54) is 32.1 Å². The second kappa shape index (κ2) is 8.34. The Balaban J connectivity index is 1.53. The molecule has 0 aromatic heterocycles. The number of halogens is 3. The standard InChI is InChI=1S/C27H42F3NO/c1-16(2)7-6-8-17(3)19-10-11-20-18-9-12-23-26(5,21(18)13-14-25(19,20)4)15-22(24(32)31-23)27(28,29)30/h12,16-22H,6-11,13-15H2,1-5H3,(H,31,32)/t17-,18+,19-,20+,21+,22?,25-,26-/m1/s1. The first-order chi connectivity index (χ1) is 14.9. The molecular weight excluding hydrogens is 411 g/mol. The number of hydrogen-bond acceptors (Lipinski definition) is 1. The van der Waals surface area contributed by atoms with Crippen molar-refractivity contribution in [2.45, 2.75) is 98.6 Å². The van der Waals surface area contributed by atoms with Crippen molar-refractivity contribution in [2.24, 2.45) is 52.3 Å². The molecule has 4 rings (SSSR count). The molecule has 0 bridgehead atoms. The molecule has 2 nitrogen and oxygen atoms in total. The van der Waals surface area contributed by atoms with Crippen LogP contribution in [0.3, 0.4) is 0 Å². The van der Waals surface area contributed by atoms with Crippen LogP contribution in [0.15, 0.2) is 11.8 Å². The number of allylic oxidation sites excluding steroid dienone is 2. The molecule has 0 aromatic rings. The second-order valence-electron chi connectivity index (χ2n) is 12.5. The van der Waals surface area contributed by atoms with E-state index >= 15 is 0 Å². The second-order valence-corrected chi connectivity index (χ2v) is 12.5. The molecule has 1 aliphatic heterocycles. The average molecular weight is 454 g/mol. The fourth-order valence-electron chi connectivity index (χ4n) is 8.57. The normalized spacial score (nSPS) is 42.6. The van der Waals surface area contributed by atoms with Gasteiger partial charge in [0, 0.05) is 11.1 Å². The molecule has 0 radical (unpaired) electrons. The molecule has 182 valence electrons. The van der Waals surface area contributed by atoms with Crippen LogP contribution < -0.4 is 5.32 Å². The number of hydrogen-bond donors (Lipinski definition) is 1. The molecule has 3 aliphatic carbocycles. The minimum Gasteiger partial charge on any atom is -0.329 e. The Morgan fingerprint density at radius 3 is 2.47 bits per heavy atom. The number of rotatable bonds is 5. The summed E-state index contributed by atoms with van der Waals surface area (Å²) in [5.41, 5.74) is 0.505. The van der Waals surface area contributed by atoms with E-state index in [2.05, 4.69) is 39.1 Å². The van der Waals surface area contributed by atoms with Gasteiger partial charge in [-0.25, -0.2) is 0 Å². The average Bonchev–Trinajstić information content (AvgIpc) is 3.04. The van der Waals surface area contributed by atoms with E-state index in [0.29, 0.717) is 23.2 Å². The first-order valence-corrected chi connectivity index (χ1v) is 13.0. The Morgan fingerprint density at radius 1 is 1.09 bits per heavy atom. The third-order valence-corrected chi connectivity index (χ3v) is 10.3. The molecule has 1 saturated heterocycles. The van der Waals surface area contributed by atoms with Gasteiger partial charge in [0.1, 0.15) is 5.92 Å². The van der Waals surface area contributed by atoms with Gasteiger partial charge in [-0.05, 0) is 79.4 Å². The van der Waals surface area contributed by atoms with Crippen LogP contribution in [-0.2, 0) is 4.79 Å². The van der Waals surface area contributed by atoms with Crippen molar-refractivity contribution in [1.82, 2.24) is 5.32 Å². The molecule has 8 atom stereocenters. The lowest BCUT2D eigenvalue weighted by atomic mass is 9.48. The monoisotopic (exact) mass is 453 g/mol. The highest BCUT2D eigenvalue weighted by atomic mass is 19.4. The van der Waals surface area contributed by atoms with Crippen LogP contribution in [0.25, 0.3) is 0 Å². The molecule has 0 aromatic carbocycles. The minimum atomic E-state index is -4.47. The van der Waals surface area contributed by atoms with Crippen LogP contribution >= 0.6 is 0 Å². The Morgan fingerprint density at radius 2 is 1.81 bits per heavy atom. The van der Waals surface area contributed by atoms with Gasteiger partial charge in [-0.2, -0.15) is 13.2 Å². The van der Waals surface area contributed by atoms with E-state index in [1.807, 2.05) is 6.92 Å². The smallest absolute Gasteiger partial charge is 0.329 e. The summed E-state index contributed by atoms with van der Waals surface area (Å²) in [5, 5.41) is 2.68. The fourth-order valence-corrected chi connectivity index (χ4v) is 8.57. The molecule has 1 heterocycles. The molecular formula is C27H42F3NO. The van der Waals surface area contributed by atoms with Crippen molar-refractivity contribution >= 4 is 5.91 Å². The summed E-state index contributed by atoms with van der Waals surface area (Å²) in [7, 11) is 0. The highest BCUT2D eigenvalue weighted by molar-refractivity contribution is 5.83. The zero-order valence-electron chi connectivity index (χ0n) is 20.5. The number of amides is 1. The zero-order valence-corrected chi connectivity index (χ0v) is 20.5. The maximum atomic E-state index is 13.6. The van der Waals surface area contributed by atoms with Gasteiger partial charge in [0.15, 0.2) is 0 Å². The topological polar surface area (TPSA) is 29.1 Å². The Bertz CT molecular complexity index is 758. The lowest BCUT2D eigenvalue weighted by Gasteiger charge is -2.58. The summed E-state index contributed by atoms with van der Waals surface area (Å²) in [6.45, 7) is 11.5. The van der Waals surface area contributed by atoms with Crippen LogP contribution in [0.2, 0.25) is 0 Å². The Hall–Kier alpha value is -1.00. The van der Waals surface area contributed by atoms with Crippen molar-refractivity contribution in [3.8, 4) is 0 Å². The van der Waals surface area contributed by atoms with Crippen molar-refractivity contribution in [3.63, 3.8) is 0 Å². The van der Waals surface area contributed by atoms with Crippen molar-refractivity contribution in [2.75, 3.05) is 0 Å². The molecule has 1 N–H and O–H groups in total. The van der Waals surface area contributed by atoms with E-state index in [9.17, 15) is 18.0 Å². The summed E-state index contributed by atoms with van der Waals surface area (Å²) >= 11 is 0. The van der Waals surface area contributed by atoms with E-state index < -0.39 is 23.4 Å². The SMILES string of the molecule is CC(C)CCC[C@@H](C)[C@H]1CC[C@H]2[C@@H]3CC=C4NC(=O)C(C(F)(F)F)C[C@]4(C)[C@H]3CC[C@]12C. The summed E-state index contributed by atoms with van der Waals surface area (Å²) in [4.78, 5) is 12.2. The molecule has 2 saturated carbocycles. The van der Waals surface area contributed by atoms with Crippen LogP contribution in [0, 0.1) is 52.3 Å². The van der Waals surface area contributed by atoms with Gasteiger partial charge in [0.2, 0.25) is 5.91 Å². The van der Waals surface area contributed by atoms with Gasteiger partial charge in [0.25, 0.3) is 0 Å². The molecule has 4 aliphatic rings. The van der Waals surface area contributed by atoms with E-state index in [-0.39, 0.29) is 12.3 Å². The number of alkyl halides is 3. The minimum absolute atomic E-state index is 0.0895. The van der Waals surface area contributed by atoms with Gasteiger partial charge in [-0.1, -0.05) is 60.0 Å². The number of nitrogens with one attached hydrogen (secondary N) is 1. The highest BCUT2D eigenvalue weighted by Gasteiger charge is 2.62. The van der Waals surface area contributed by atoms with E-state index in [0.717, 1.165) is 36.8 Å². The maximum absolute atomic E-state index is 13.6. The Kier molecular flexibility index (Phi) is 6.29. The predicted octanol–water partition coefficient (Wildman–Crippen LogP) is 7.50. The largest absolute Gasteiger partial charge is 0.400 e. The third-order valence-electron chi connectivity index (χ3n) is 10.3. The molecule has 1 amide bonds. The lowest BCUT2D eigenvalue weighted by Crippen LogP contribution is -2.57. The van der Waals surface area contributed by atoms with Crippen LogP contribution in [0.4, 0.5) is 13.2 Å². The number of fused-ring (bicyclic) bond motifs is 5. The summed E-state index contributed by atoms with van der Waals surface area (Å²) in [6, 6.07) is 0. The third kappa shape index (κ3) is 3.94. The van der Waals surface area contributed by atoms with Gasteiger partial charge >= 0.3 is 6.18 Å². The summed E-state index contributed by atoms with van der Waals surface area (Å²) < 4.78 is 40.9. The van der Waals surface area contributed by atoms with Crippen molar-refractivity contribution < 1.29 is 18.0 Å². The van der Waals surface area contributed by atoms with Gasteiger partial charge in [-0.3, -0.25) is 4.79 Å². The fraction of sp³-hybridized carbons (Fsp3) is 0.889. The first-order valence-electron chi connectivity index (χ1n) is 13.0. The predicted molar refractivity (Wildman–Crippen MR) is 121 cm³/mol. The number of carbonyl (C=O) groups is 1. The quantitative estimate of drug-likeness (QED) is 0.459. The van der Waals surface area contributed by atoms with Gasteiger partial charge in [-0.15, -0.1) is 0 Å². The van der Waals surface area contributed by atoms with Crippen molar-refractivity contribution in [3.05, 3.63) is 11.8 Å². The van der Waals surface area contributed by atoms with Crippen LogP contribution in [-0.4, -0.2) is 12.1 Å². The van der Waals surface area contributed by atoms with E-state index in [1.54, 1.807) is 0 Å². The highest BCUT2D eigenvalue weighted by Crippen LogP contribution is 2.67. The molecule has 5 heteroatoms. The summed E-state index contributed by atoms with van der Waals surface area (Å²) in [5.74, 6) is 0.730. The summed E-state index contributed by atoms with van der Waals surface area (Å²) in [6.07, 6.45) is 6.88. The molecule has 32 heavy (non-hydrogen) atoms. The number of piperidine rings is 1. The first kappa shape index (κ1) is 24.1. The molecule has 3 fully saturated rings. The van der Waals surface area contributed by atoms with E-state index in [4.69, 9.17) is 0 Å². The lowest BCUT2D eigenvalue weighted by molar-refractivity contribution is -0.196. The zero-order chi connectivity index (χ0) is 23.5.